The van der Waals surface area contributed by atoms with Gasteiger partial charge in [-0.25, -0.2) is 9.18 Å². The van der Waals surface area contributed by atoms with Gasteiger partial charge in [-0.05, 0) is 18.2 Å². The molecule has 4 N–H and O–H groups in total. The molecule has 0 fully saturated rings. The van der Waals surface area contributed by atoms with Crippen LogP contribution in [0.25, 0.3) is 0 Å². The number of benzene rings is 1. The van der Waals surface area contributed by atoms with Crippen LogP contribution in [-0.4, -0.2) is 19.0 Å². The van der Waals surface area contributed by atoms with E-state index >= 15 is 0 Å². The van der Waals surface area contributed by atoms with Gasteiger partial charge in [0.2, 0.25) is 5.91 Å². The monoisotopic (exact) mass is 211 g/mol. The zero-order valence-corrected chi connectivity index (χ0v) is 8.00. The van der Waals surface area contributed by atoms with Gasteiger partial charge in [-0.15, -0.1) is 0 Å². The summed E-state index contributed by atoms with van der Waals surface area (Å²) in [5.41, 5.74) is 5.04. The first-order valence-electron chi connectivity index (χ1n) is 4.12. The normalized spacial score (nSPS) is 9.47. The van der Waals surface area contributed by atoms with Gasteiger partial charge in [-0.1, -0.05) is 0 Å². The largest absolute Gasteiger partial charge is 0.366 e. The molecule has 3 amide bonds. The van der Waals surface area contributed by atoms with Crippen molar-refractivity contribution < 1.29 is 14.0 Å². The first-order chi connectivity index (χ1) is 7.04. The van der Waals surface area contributed by atoms with E-state index in [-0.39, 0.29) is 11.3 Å². The number of amides is 3. The summed E-state index contributed by atoms with van der Waals surface area (Å²) in [6.45, 7) is 0. The Hall–Kier alpha value is -2.11. The molecule has 0 saturated heterocycles. The van der Waals surface area contributed by atoms with E-state index in [1.54, 1.807) is 0 Å². The molecule has 0 bridgehead atoms. The minimum atomic E-state index is -0.685. The van der Waals surface area contributed by atoms with Crippen molar-refractivity contribution in [3.8, 4) is 0 Å². The lowest BCUT2D eigenvalue weighted by Crippen LogP contribution is -2.25. The van der Waals surface area contributed by atoms with E-state index in [1.807, 2.05) is 0 Å². The Bertz CT molecular complexity index is 406. The average molecular weight is 211 g/mol. The van der Waals surface area contributed by atoms with Gasteiger partial charge in [-0.2, -0.15) is 0 Å². The summed E-state index contributed by atoms with van der Waals surface area (Å²) >= 11 is 0. The molecule has 0 aliphatic carbocycles. The van der Waals surface area contributed by atoms with Crippen LogP contribution in [0.5, 0.6) is 0 Å². The van der Waals surface area contributed by atoms with Gasteiger partial charge in [0.05, 0.1) is 5.69 Å². The Labute approximate surface area is 85.5 Å². The molecule has 1 rings (SSSR count). The van der Waals surface area contributed by atoms with Crippen molar-refractivity contribution in [2.24, 2.45) is 5.73 Å². The number of hydrogen-bond acceptors (Lipinski definition) is 2. The molecule has 1 aromatic carbocycles. The van der Waals surface area contributed by atoms with Crippen molar-refractivity contribution in [3.05, 3.63) is 29.6 Å². The predicted octanol–water partition coefficient (Wildman–Crippen LogP) is 0.676. The smallest absolute Gasteiger partial charge is 0.319 e. The molecule has 15 heavy (non-hydrogen) atoms. The number of primary amides is 1. The highest BCUT2D eigenvalue weighted by Gasteiger charge is 2.08. The maximum atomic E-state index is 13.1. The Morgan fingerprint density at radius 3 is 2.60 bits per heavy atom. The standard InChI is InChI=1S/C9H10FN3O2/c1-12-9(15)13-7-4-5(8(11)14)2-3-6(7)10/h2-4H,1H3,(H2,11,14)(H2,12,13,15). The highest BCUT2D eigenvalue weighted by molar-refractivity contribution is 5.95. The number of anilines is 1. The van der Waals surface area contributed by atoms with Gasteiger partial charge < -0.3 is 16.4 Å². The summed E-state index contributed by atoms with van der Waals surface area (Å²) in [7, 11) is 1.39. The maximum Gasteiger partial charge on any atom is 0.319 e. The Balaban J connectivity index is 3.00. The molecule has 0 atom stereocenters. The minimum Gasteiger partial charge on any atom is -0.366 e. The molecule has 0 unspecified atom stereocenters. The molecule has 0 radical (unpaired) electrons. The highest BCUT2D eigenvalue weighted by Crippen LogP contribution is 2.15. The lowest BCUT2D eigenvalue weighted by atomic mass is 10.2. The summed E-state index contributed by atoms with van der Waals surface area (Å²) in [5, 5.41) is 4.48. The van der Waals surface area contributed by atoms with Crippen LogP contribution in [0.4, 0.5) is 14.9 Å². The van der Waals surface area contributed by atoms with Crippen molar-refractivity contribution in [3.63, 3.8) is 0 Å². The molecule has 0 spiro atoms. The molecular formula is C9H10FN3O2. The van der Waals surface area contributed by atoms with E-state index in [0.29, 0.717) is 0 Å². The Morgan fingerprint density at radius 1 is 1.40 bits per heavy atom. The number of halogens is 1. The van der Waals surface area contributed by atoms with Gasteiger partial charge >= 0.3 is 6.03 Å². The van der Waals surface area contributed by atoms with Crippen LogP contribution in [0, 0.1) is 5.82 Å². The summed E-state index contributed by atoms with van der Waals surface area (Å²) in [4.78, 5) is 21.7. The lowest BCUT2D eigenvalue weighted by Gasteiger charge is -2.06. The van der Waals surface area contributed by atoms with Crippen LogP contribution in [0.2, 0.25) is 0 Å². The Kier molecular flexibility index (Phi) is 3.22. The van der Waals surface area contributed by atoms with Crippen molar-refractivity contribution in [1.82, 2.24) is 5.32 Å². The molecule has 1 aromatic rings. The number of nitrogens with two attached hydrogens (primary N) is 1. The number of carbonyl (C=O) groups excluding carboxylic acids is 2. The fraction of sp³-hybridized carbons (Fsp3) is 0.111. The molecule has 5 nitrogen and oxygen atoms in total. The molecule has 0 aliphatic rings. The van der Waals surface area contributed by atoms with E-state index in [0.717, 1.165) is 6.07 Å². The first kappa shape index (κ1) is 11.0. The number of carbonyl (C=O) groups is 2. The molecule has 0 saturated carbocycles. The zero-order valence-electron chi connectivity index (χ0n) is 8.00. The van der Waals surface area contributed by atoms with Crippen molar-refractivity contribution in [1.29, 1.82) is 0 Å². The van der Waals surface area contributed by atoms with Crippen LogP contribution >= 0.6 is 0 Å². The van der Waals surface area contributed by atoms with Crippen LogP contribution in [-0.2, 0) is 0 Å². The zero-order chi connectivity index (χ0) is 11.4. The van der Waals surface area contributed by atoms with E-state index in [9.17, 15) is 14.0 Å². The second-order valence-electron chi connectivity index (χ2n) is 2.76. The van der Waals surface area contributed by atoms with Gasteiger partial charge in [0.15, 0.2) is 0 Å². The number of nitrogens with one attached hydrogen (secondary N) is 2. The highest BCUT2D eigenvalue weighted by atomic mass is 19.1. The second kappa shape index (κ2) is 4.41. The van der Waals surface area contributed by atoms with E-state index in [1.165, 1.54) is 19.2 Å². The van der Waals surface area contributed by atoms with E-state index in [2.05, 4.69) is 10.6 Å². The summed E-state index contributed by atoms with van der Waals surface area (Å²) < 4.78 is 13.1. The summed E-state index contributed by atoms with van der Waals surface area (Å²) in [6.07, 6.45) is 0. The second-order valence-corrected chi connectivity index (χ2v) is 2.76. The third-order valence-corrected chi connectivity index (χ3v) is 1.73. The quantitative estimate of drug-likeness (QED) is 0.671. The van der Waals surface area contributed by atoms with Gasteiger partial charge in [0, 0.05) is 12.6 Å². The SMILES string of the molecule is CNC(=O)Nc1cc(C(N)=O)ccc1F. The molecular weight excluding hydrogens is 201 g/mol. The van der Waals surface area contributed by atoms with Crippen molar-refractivity contribution in [2.75, 3.05) is 12.4 Å². The fourth-order valence-electron chi connectivity index (χ4n) is 0.959. The van der Waals surface area contributed by atoms with Crippen LogP contribution < -0.4 is 16.4 Å². The van der Waals surface area contributed by atoms with Gasteiger partial charge in [-0.3, -0.25) is 4.79 Å². The van der Waals surface area contributed by atoms with Crippen molar-refractivity contribution >= 4 is 17.6 Å². The topological polar surface area (TPSA) is 84.2 Å². The fourth-order valence-corrected chi connectivity index (χ4v) is 0.959. The Morgan fingerprint density at radius 2 is 2.07 bits per heavy atom. The number of hydrogen-bond donors (Lipinski definition) is 3. The van der Waals surface area contributed by atoms with Crippen LogP contribution in [0.15, 0.2) is 18.2 Å². The molecule has 0 heterocycles. The van der Waals surface area contributed by atoms with E-state index < -0.39 is 17.8 Å². The van der Waals surface area contributed by atoms with E-state index in [4.69, 9.17) is 5.73 Å². The summed E-state index contributed by atoms with van der Waals surface area (Å²) in [5.74, 6) is -1.32. The third-order valence-electron chi connectivity index (χ3n) is 1.73. The third kappa shape index (κ3) is 2.67. The molecule has 0 aromatic heterocycles. The molecule has 0 aliphatic heterocycles. The van der Waals surface area contributed by atoms with Crippen molar-refractivity contribution in [2.45, 2.75) is 0 Å². The van der Waals surface area contributed by atoms with Gasteiger partial charge in [0.1, 0.15) is 5.82 Å². The lowest BCUT2D eigenvalue weighted by molar-refractivity contribution is 0.1000. The first-order valence-corrected chi connectivity index (χ1v) is 4.12. The molecule has 6 heteroatoms. The molecule has 80 valence electrons. The minimum absolute atomic E-state index is 0.0920. The van der Waals surface area contributed by atoms with Crippen LogP contribution in [0.3, 0.4) is 0 Å². The average Bonchev–Trinajstić information content (AvgIpc) is 2.20. The number of urea groups is 1. The van der Waals surface area contributed by atoms with Gasteiger partial charge in [0.25, 0.3) is 0 Å². The maximum absolute atomic E-state index is 13.1. The van der Waals surface area contributed by atoms with Crippen LogP contribution in [0.1, 0.15) is 10.4 Å². The summed E-state index contributed by atoms with van der Waals surface area (Å²) in [6, 6.07) is 2.90. The number of rotatable bonds is 2. The predicted molar refractivity (Wildman–Crippen MR) is 53.0 cm³/mol.